The van der Waals surface area contributed by atoms with Crippen LogP contribution in [0.2, 0.25) is 0 Å². The summed E-state index contributed by atoms with van der Waals surface area (Å²) in [5, 5.41) is 7.59. The summed E-state index contributed by atoms with van der Waals surface area (Å²) in [7, 11) is 0.493. The fraction of sp³-hybridized carbons (Fsp3) is 0.261. The first-order chi connectivity index (χ1) is 15.6. The first-order valence-electron chi connectivity index (χ1n) is 10.2. The number of rotatable bonds is 8. The maximum Gasteiger partial charge on any atom is 0.280 e. The molecule has 2 aromatic carbocycles. The van der Waals surface area contributed by atoms with Gasteiger partial charge in [0, 0.05) is 55.6 Å². The van der Waals surface area contributed by atoms with Gasteiger partial charge in [0.05, 0.1) is 10.6 Å². The summed E-state index contributed by atoms with van der Waals surface area (Å²) in [6.45, 7) is 2.08. The van der Waals surface area contributed by atoms with E-state index in [-0.39, 0.29) is 29.5 Å². The number of aryl methyl sites for hydroxylation is 1. The third kappa shape index (κ3) is 6.17. The van der Waals surface area contributed by atoms with E-state index in [4.69, 9.17) is 0 Å². The lowest BCUT2D eigenvalue weighted by Gasteiger charge is -2.12. The summed E-state index contributed by atoms with van der Waals surface area (Å²) in [6.07, 6.45) is 1.11. The number of nitrogens with one attached hydrogen (secondary N) is 2. The first-order valence-corrected chi connectivity index (χ1v) is 12.9. The number of amides is 2. The standard InChI is InChI=1S/C23H26N4O4S2/c1-15-8-9-17(13-20(15)33(4,30)31)21(28)24-10-11-25-22(29)23-26-19(14-32-23)16-6-5-7-18(12-16)27(2)3/h5-9,12-14H,10-11H2,1-4H3,(H,24,28)(H,25,29). The molecule has 0 aliphatic heterocycles. The van der Waals surface area contributed by atoms with Crippen LogP contribution in [0.25, 0.3) is 11.3 Å². The molecule has 0 fully saturated rings. The van der Waals surface area contributed by atoms with E-state index < -0.39 is 15.7 Å². The molecule has 1 heterocycles. The van der Waals surface area contributed by atoms with Gasteiger partial charge in [0.15, 0.2) is 14.8 Å². The fourth-order valence-corrected chi connectivity index (χ4v) is 4.86. The second kappa shape index (κ2) is 10.1. The van der Waals surface area contributed by atoms with E-state index in [1.165, 1.54) is 17.4 Å². The molecule has 2 amide bonds. The monoisotopic (exact) mass is 486 g/mol. The lowest BCUT2D eigenvalue weighted by molar-refractivity contribution is 0.0927. The van der Waals surface area contributed by atoms with Gasteiger partial charge in [-0.3, -0.25) is 9.59 Å². The molecule has 0 unspecified atom stereocenters. The van der Waals surface area contributed by atoms with Crippen LogP contribution in [0.4, 0.5) is 5.69 Å². The summed E-state index contributed by atoms with van der Waals surface area (Å²) < 4.78 is 23.7. The fourth-order valence-electron chi connectivity index (χ4n) is 3.12. The maximum atomic E-state index is 12.4. The number of nitrogens with zero attached hydrogens (tertiary/aromatic N) is 2. The molecule has 0 aliphatic carbocycles. The predicted octanol–water partition coefficient (Wildman–Crippen LogP) is 2.75. The van der Waals surface area contributed by atoms with Crippen LogP contribution in [0.15, 0.2) is 52.7 Å². The van der Waals surface area contributed by atoms with Gasteiger partial charge < -0.3 is 15.5 Å². The van der Waals surface area contributed by atoms with Crippen molar-refractivity contribution in [3.8, 4) is 11.3 Å². The van der Waals surface area contributed by atoms with Crippen LogP contribution < -0.4 is 15.5 Å². The van der Waals surface area contributed by atoms with Crippen molar-refractivity contribution in [1.82, 2.24) is 15.6 Å². The van der Waals surface area contributed by atoms with Crippen molar-refractivity contribution in [2.75, 3.05) is 38.3 Å². The molecule has 3 aromatic rings. The van der Waals surface area contributed by atoms with Gasteiger partial charge in [0.25, 0.3) is 11.8 Å². The summed E-state index contributed by atoms with van der Waals surface area (Å²) in [5.41, 5.74) is 3.52. The number of thiazole rings is 1. The molecule has 8 nitrogen and oxygen atoms in total. The highest BCUT2D eigenvalue weighted by atomic mass is 32.2. The van der Waals surface area contributed by atoms with Crippen LogP contribution in [0, 0.1) is 6.92 Å². The van der Waals surface area contributed by atoms with Crippen LogP contribution in [0.3, 0.4) is 0 Å². The Morgan fingerprint density at radius 3 is 2.39 bits per heavy atom. The van der Waals surface area contributed by atoms with E-state index in [2.05, 4.69) is 15.6 Å². The Labute approximate surface area is 197 Å². The van der Waals surface area contributed by atoms with Crippen molar-refractivity contribution in [3.05, 3.63) is 64.0 Å². The van der Waals surface area contributed by atoms with Crippen molar-refractivity contribution in [1.29, 1.82) is 0 Å². The Morgan fingerprint density at radius 1 is 1.03 bits per heavy atom. The molecule has 0 bridgehead atoms. The molecule has 10 heteroatoms. The zero-order chi connectivity index (χ0) is 24.2. The van der Waals surface area contributed by atoms with E-state index >= 15 is 0 Å². The average Bonchev–Trinajstić information content (AvgIpc) is 3.26. The van der Waals surface area contributed by atoms with Gasteiger partial charge in [-0.1, -0.05) is 18.2 Å². The SMILES string of the molecule is Cc1ccc(C(=O)NCCNC(=O)c2nc(-c3cccc(N(C)C)c3)cs2)cc1S(C)(=O)=O. The number of hydrogen-bond acceptors (Lipinski definition) is 7. The highest BCUT2D eigenvalue weighted by Gasteiger charge is 2.15. The zero-order valence-corrected chi connectivity index (χ0v) is 20.5. The van der Waals surface area contributed by atoms with Crippen LogP contribution in [0.1, 0.15) is 25.7 Å². The Kier molecular flexibility index (Phi) is 7.50. The molecular weight excluding hydrogens is 460 g/mol. The zero-order valence-electron chi connectivity index (χ0n) is 18.9. The van der Waals surface area contributed by atoms with Gasteiger partial charge in [-0.2, -0.15) is 0 Å². The van der Waals surface area contributed by atoms with Gasteiger partial charge >= 0.3 is 0 Å². The Balaban J connectivity index is 1.54. The second-order valence-corrected chi connectivity index (χ2v) is 10.6. The van der Waals surface area contributed by atoms with Crippen LogP contribution >= 0.6 is 11.3 Å². The van der Waals surface area contributed by atoms with Crippen LogP contribution in [0.5, 0.6) is 0 Å². The van der Waals surface area contributed by atoms with E-state index in [9.17, 15) is 18.0 Å². The first kappa shape index (κ1) is 24.4. The van der Waals surface area contributed by atoms with Crippen molar-refractivity contribution < 1.29 is 18.0 Å². The second-order valence-electron chi connectivity index (χ2n) is 7.75. The van der Waals surface area contributed by atoms with Crippen molar-refractivity contribution in [2.45, 2.75) is 11.8 Å². The third-order valence-corrected chi connectivity index (χ3v) is 6.98. The van der Waals surface area contributed by atoms with Gasteiger partial charge in [0.2, 0.25) is 0 Å². The quantitative estimate of drug-likeness (QED) is 0.474. The van der Waals surface area contributed by atoms with Crippen molar-refractivity contribution in [3.63, 3.8) is 0 Å². The molecule has 0 spiro atoms. The van der Waals surface area contributed by atoms with E-state index in [1.54, 1.807) is 19.1 Å². The number of carbonyl (C=O) groups excluding carboxylic acids is 2. The summed E-state index contributed by atoms with van der Waals surface area (Å²) in [6, 6.07) is 12.4. The number of sulfone groups is 1. The summed E-state index contributed by atoms with van der Waals surface area (Å²) in [4.78, 5) is 31.3. The minimum atomic E-state index is -3.43. The topological polar surface area (TPSA) is 108 Å². The van der Waals surface area contributed by atoms with E-state index in [1.807, 2.05) is 48.6 Å². The van der Waals surface area contributed by atoms with Gasteiger partial charge in [-0.05, 0) is 36.8 Å². The Morgan fingerprint density at radius 2 is 1.73 bits per heavy atom. The van der Waals surface area contributed by atoms with Gasteiger partial charge in [0.1, 0.15) is 0 Å². The van der Waals surface area contributed by atoms with Crippen LogP contribution in [-0.4, -0.2) is 58.7 Å². The molecule has 0 radical (unpaired) electrons. The molecule has 1 aromatic heterocycles. The number of benzene rings is 2. The smallest absolute Gasteiger partial charge is 0.280 e. The molecule has 3 rings (SSSR count). The number of hydrogen-bond donors (Lipinski definition) is 2. The number of anilines is 1. The molecule has 33 heavy (non-hydrogen) atoms. The third-order valence-electron chi connectivity index (χ3n) is 4.90. The maximum absolute atomic E-state index is 12.4. The summed E-state index contributed by atoms with van der Waals surface area (Å²) in [5.74, 6) is -0.731. The minimum absolute atomic E-state index is 0.124. The van der Waals surface area contributed by atoms with E-state index in [0.717, 1.165) is 23.2 Å². The summed E-state index contributed by atoms with van der Waals surface area (Å²) >= 11 is 1.25. The van der Waals surface area contributed by atoms with Crippen molar-refractivity contribution >= 4 is 38.7 Å². The molecule has 174 valence electrons. The lowest BCUT2D eigenvalue weighted by atomic mass is 10.1. The molecule has 0 saturated carbocycles. The molecular formula is C23H26N4O4S2. The minimum Gasteiger partial charge on any atom is -0.378 e. The van der Waals surface area contributed by atoms with E-state index in [0.29, 0.717) is 10.6 Å². The lowest BCUT2D eigenvalue weighted by Crippen LogP contribution is -2.34. The van der Waals surface area contributed by atoms with Gasteiger partial charge in [-0.25, -0.2) is 13.4 Å². The molecule has 0 saturated heterocycles. The molecule has 0 aliphatic rings. The normalized spacial score (nSPS) is 11.2. The molecule has 0 atom stereocenters. The van der Waals surface area contributed by atoms with Gasteiger partial charge in [-0.15, -0.1) is 11.3 Å². The predicted molar refractivity (Wildman–Crippen MR) is 131 cm³/mol. The Hall–Kier alpha value is -3.24. The Bertz CT molecular complexity index is 1280. The molecule has 2 N–H and O–H groups in total. The number of carbonyl (C=O) groups is 2. The number of aromatic nitrogens is 1. The average molecular weight is 487 g/mol. The highest BCUT2D eigenvalue weighted by molar-refractivity contribution is 7.90. The van der Waals surface area contributed by atoms with Crippen LogP contribution in [-0.2, 0) is 9.84 Å². The highest BCUT2D eigenvalue weighted by Crippen LogP contribution is 2.25. The largest absolute Gasteiger partial charge is 0.378 e. The van der Waals surface area contributed by atoms with Crippen molar-refractivity contribution in [2.24, 2.45) is 0 Å².